The predicted molar refractivity (Wildman–Crippen MR) is 111 cm³/mol. The number of amides is 1. The summed E-state index contributed by atoms with van der Waals surface area (Å²) in [6.45, 7) is 7.49. The molecule has 1 amide bonds. The second kappa shape index (κ2) is 7.39. The third kappa shape index (κ3) is 3.52. The lowest BCUT2D eigenvalue weighted by Gasteiger charge is -2.18. The van der Waals surface area contributed by atoms with Gasteiger partial charge in [0.1, 0.15) is 5.75 Å². The number of carbonyl (C=O) groups excluding carboxylic acids is 1. The fraction of sp³-hybridized carbons (Fsp3) is 0.409. The van der Waals surface area contributed by atoms with E-state index in [-0.39, 0.29) is 17.4 Å². The fourth-order valence-electron chi connectivity index (χ4n) is 4.02. The van der Waals surface area contributed by atoms with Crippen molar-refractivity contribution in [2.45, 2.75) is 33.1 Å². The molecule has 0 aliphatic carbocycles. The van der Waals surface area contributed by atoms with Crippen LogP contribution in [0, 0.1) is 12.8 Å². The van der Waals surface area contributed by atoms with Gasteiger partial charge in [-0.3, -0.25) is 14.7 Å². The summed E-state index contributed by atoms with van der Waals surface area (Å²) in [6, 6.07) is 9.22. The Morgan fingerprint density at radius 3 is 2.79 bits per heavy atom. The zero-order valence-electron chi connectivity index (χ0n) is 17.2. The van der Waals surface area contributed by atoms with Crippen LogP contribution in [0.5, 0.6) is 5.75 Å². The van der Waals surface area contributed by atoms with Crippen molar-refractivity contribution in [2.24, 2.45) is 5.92 Å². The lowest BCUT2D eigenvalue weighted by molar-refractivity contribution is -0.128. The average molecular weight is 394 g/mol. The minimum atomic E-state index is -0.169. The maximum absolute atomic E-state index is 12.8. The molecule has 0 radical (unpaired) electrons. The molecule has 1 aliphatic rings. The lowest BCUT2D eigenvalue weighted by atomic mass is 10.0. The molecule has 2 aromatic heterocycles. The number of aromatic amines is 1. The summed E-state index contributed by atoms with van der Waals surface area (Å²) >= 11 is 0. The van der Waals surface area contributed by atoms with Crippen LogP contribution in [0.25, 0.3) is 16.9 Å². The molecule has 152 valence electrons. The summed E-state index contributed by atoms with van der Waals surface area (Å²) in [7, 11) is 1.63. The Labute approximate surface area is 169 Å². The van der Waals surface area contributed by atoms with Crippen molar-refractivity contribution in [3.05, 3.63) is 51.9 Å². The first-order valence-corrected chi connectivity index (χ1v) is 9.92. The number of hydrogen-bond donors (Lipinski definition) is 1. The summed E-state index contributed by atoms with van der Waals surface area (Å²) in [5.74, 6) is 1.24. The topological polar surface area (TPSA) is 79.7 Å². The second-order valence-electron chi connectivity index (χ2n) is 8.12. The first-order valence-electron chi connectivity index (χ1n) is 9.92. The molecule has 1 saturated heterocycles. The monoisotopic (exact) mass is 394 g/mol. The molecule has 4 rings (SSSR count). The van der Waals surface area contributed by atoms with Crippen molar-refractivity contribution in [3.63, 3.8) is 0 Å². The SMILES string of the molecule is COc1cccc(-c2[nH]n3c(=O)cc([C@@H]4CC(=O)N(CC(C)C)C4)nc3c2C)c1. The van der Waals surface area contributed by atoms with Crippen LogP contribution in [-0.4, -0.2) is 45.6 Å². The number of hydrogen-bond acceptors (Lipinski definition) is 4. The number of nitrogens with one attached hydrogen (secondary N) is 1. The maximum atomic E-state index is 12.8. The van der Waals surface area contributed by atoms with Gasteiger partial charge >= 0.3 is 0 Å². The van der Waals surface area contributed by atoms with Crippen LogP contribution < -0.4 is 10.3 Å². The highest BCUT2D eigenvalue weighted by Gasteiger charge is 2.32. The van der Waals surface area contributed by atoms with Gasteiger partial charge in [0.05, 0.1) is 18.5 Å². The van der Waals surface area contributed by atoms with Crippen LogP contribution in [0.1, 0.15) is 37.4 Å². The van der Waals surface area contributed by atoms with Gasteiger partial charge in [-0.15, -0.1) is 0 Å². The average Bonchev–Trinajstić information content (AvgIpc) is 3.22. The number of nitrogens with zero attached hydrogens (tertiary/aromatic N) is 3. The Morgan fingerprint density at radius 2 is 2.07 bits per heavy atom. The number of fused-ring (bicyclic) bond motifs is 1. The van der Waals surface area contributed by atoms with Crippen molar-refractivity contribution in [1.82, 2.24) is 19.5 Å². The van der Waals surface area contributed by atoms with Gasteiger partial charge in [-0.05, 0) is 25.0 Å². The molecule has 29 heavy (non-hydrogen) atoms. The van der Waals surface area contributed by atoms with Crippen molar-refractivity contribution < 1.29 is 9.53 Å². The van der Waals surface area contributed by atoms with Crippen LogP contribution in [0.4, 0.5) is 0 Å². The number of aromatic nitrogens is 3. The molecule has 3 aromatic rings. The first-order chi connectivity index (χ1) is 13.9. The number of rotatable bonds is 5. The van der Waals surface area contributed by atoms with E-state index in [1.54, 1.807) is 13.2 Å². The lowest BCUT2D eigenvalue weighted by Crippen LogP contribution is -2.29. The minimum absolute atomic E-state index is 0.0477. The Kier molecular flexibility index (Phi) is 4.90. The zero-order valence-corrected chi connectivity index (χ0v) is 17.2. The van der Waals surface area contributed by atoms with Crippen molar-refractivity contribution in [2.75, 3.05) is 20.2 Å². The number of methoxy groups -OCH3 is 1. The number of likely N-dealkylation sites (tertiary alicyclic amines) is 1. The van der Waals surface area contributed by atoms with E-state index in [9.17, 15) is 9.59 Å². The normalized spacial score (nSPS) is 16.9. The van der Waals surface area contributed by atoms with E-state index in [4.69, 9.17) is 9.72 Å². The number of aryl methyl sites for hydroxylation is 1. The highest BCUT2D eigenvalue weighted by Crippen LogP contribution is 2.30. The first kappa shape index (κ1) is 19.2. The van der Waals surface area contributed by atoms with Crippen LogP contribution in [0.3, 0.4) is 0 Å². The highest BCUT2D eigenvalue weighted by molar-refractivity contribution is 5.79. The van der Waals surface area contributed by atoms with E-state index in [1.165, 1.54) is 4.52 Å². The minimum Gasteiger partial charge on any atom is -0.497 e. The van der Waals surface area contributed by atoms with Gasteiger partial charge in [0.25, 0.3) is 5.56 Å². The van der Waals surface area contributed by atoms with Crippen LogP contribution in [0.15, 0.2) is 35.1 Å². The quantitative estimate of drug-likeness (QED) is 0.722. The molecule has 1 atom stereocenters. The molecule has 1 fully saturated rings. The fourth-order valence-corrected chi connectivity index (χ4v) is 4.02. The molecule has 0 bridgehead atoms. The number of H-pyrrole nitrogens is 1. The smallest absolute Gasteiger partial charge is 0.272 e. The molecule has 7 nitrogen and oxygen atoms in total. The molecule has 0 spiro atoms. The second-order valence-corrected chi connectivity index (χ2v) is 8.12. The number of ether oxygens (including phenoxy) is 1. The standard InChI is InChI=1S/C22H26N4O3/c1-13(2)11-25-12-16(9-19(25)27)18-10-20(28)26-22(23-18)14(3)21(24-26)15-6-5-7-17(8-15)29-4/h5-8,10,13,16,24H,9,11-12H2,1-4H3/t16-/m1/s1. The number of benzene rings is 1. The molecule has 0 unspecified atom stereocenters. The molecule has 0 saturated carbocycles. The summed E-state index contributed by atoms with van der Waals surface area (Å²) in [4.78, 5) is 31.8. The predicted octanol–water partition coefficient (Wildman–Crippen LogP) is 2.98. The van der Waals surface area contributed by atoms with Crippen LogP contribution in [0.2, 0.25) is 0 Å². The van der Waals surface area contributed by atoms with Crippen LogP contribution >= 0.6 is 0 Å². The molecule has 1 aromatic carbocycles. The van der Waals surface area contributed by atoms with Gasteiger partial charge in [-0.25, -0.2) is 9.50 Å². The molecular weight excluding hydrogens is 368 g/mol. The van der Waals surface area contributed by atoms with E-state index in [0.29, 0.717) is 30.2 Å². The molecule has 7 heteroatoms. The maximum Gasteiger partial charge on any atom is 0.272 e. The van der Waals surface area contributed by atoms with Gasteiger partial charge in [0.15, 0.2) is 5.65 Å². The van der Waals surface area contributed by atoms with E-state index in [0.717, 1.165) is 29.1 Å². The van der Waals surface area contributed by atoms with E-state index >= 15 is 0 Å². The summed E-state index contributed by atoms with van der Waals surface area (Å²) in [6.07, 6.45) is 0.404. The molecule has 1 aliphatic heterocycles. The Bertz CT molecular complexity index is 1130. The third-order valence-corrected chi connectivity index (χ3v) is 5.45. The Morgan fingerprint density at radius 1 is 1.28 bits per heavy atom. The molecule has 3 heterocycles. The Hall–Kier alpha value is -3.09. The summed E-state index contributed by atoms with van der Waals surface area (Å²) in [5, 5.41) is 3.17. The third-order valence-electron chi connectivity index (χ3n) is 5.45. The van der Waals surface area contributed by atoms with Gasteiger partial charge in [-0.1, -0.05) is 26.0 Å². The van der Waals surface area contributed by atoms with Gasteiger partial charge in [0.2, 0.25) is 5.91 Å². The molecular formula is C22H26N4O3. The van der Waals surface area contributed by atoms with E-state index in [1.807, 2.05) is 36.1 Å². The van der Waals surface area contributed by atoms with E-state index in [2.05, 4.69) is 18.9 Å². The highest BCUT2D eigenvalue weighted by atomic mass is 16.5. The van der Waals surface area contributed by atoms with Crippen LogP contribution in [-0.2, 0) is 4.79 Å². The molecule has 1 N–H and O–H groups in total. The van der Waals surface area contributed by atoms with Crippen molar-refractivity contribution >= 4 is 11.6 Å². The van der Waals surface area contributed by atoms with Gasteiger partial charge in [-0.2, -0.15) is 0 Å². The summed E-state index contributed by atoms with van der Waals surface area (Å²) < 4.78 is 6.78. The van der Waals surface area contributed by atoms with Crippen molar-refractivity contribution in [3.8, 4) is 17.0 Å². The largest absolute Gasteiger partial charge is 0.497 e. The van der Waals surface area contributed by atoms with Gasteiger partial charge < -0.3 is 9.64 Å². The van der Waals surface area contributed by atoms with E-state index < -0.39 is 0 Å². The van der Waals surface area contributed by atoms with Crippen molar-refractivity contribution in [1.29, 1.82) is 0 Å². The summed E-state index contributed by atoms with van der Waals surface area (Å²) in [5.41, 5.74) is 3.76. The Balaban J connectivity index is 1.73. The zero-order chi connectivity index (χ0) is 20.7. The van der Waals surface area contributed by atoms with Gasteiger partial charge in [0, 0.05) is 42.6 Å². The number of carbonyl (C=O) groups is 1.